The fraction of sp³-hybridized carbons (Fsp3) is 0.0588. The van der Waals surface area contributed by atoms with Gasteiger partial charge >= 0.3 is 0 Å². The van der Waals surface area contributed by atoms with Crippen LogP contribution in [-0.2, 0) is 0 Å². The number of hydrogen-bond donors (Lipinski definition) is 2. The van der Waals surface area contributed by atoms with Crippen LogP contribution < -0.4 is 5.32 Å². The van der Waals surface area contributed by atoms with Crippen molar-refractivity contribution < 1.29 is 4.79 Å². The monoisotopic (exact) mass is 318 g/mol. The Bertz CT molecular complexity index is 1010. The first-order valence-electron chi connectivity index (χ1n) is 7.45. The molecule has 4 rings (SSSR count). The van der Waals surface area contributed by atoms with E-state index in [9.17, 15) is 4.79 Å². The summed E-state index contributed by atoms with van der Waals surface area (Å²) in [5, 5.41) is 15.3. The van der Waals surface area contributed by atoms with Crippen molar-refractivity contribution in [2.45, 2.75) is 6.92 Å². The largest absolute Gasteiger partial charge is 0.361 e. The molecule has 0 spiro atoms. The number of hydrogen-bond acceptors (Lipinski definition) is 4. The quantitative estimate of drug-likeness (QED) is 0.608. The third-order valence-electron chi connectivity index (χ3n) is 3.84. The summed E-state index contributed by atoms with van der Waals surface area (Å²) in [7, 11) is 0. The maximum absolute atomic E-state index is 12.5. The van der Waals surface area contributed by atoms with Crippen molar-refractivity contribution in [1.82, 2.24) is 25.2 Å². The molecule has 0 atom stereocenters. The van der Waals surface area contributed by atoms with Gasteiger partial charge in [0.25, 0.3) is 5.91 Å². The molecule has 118 valence electrons. The molecule has 1 amide bonds. The van der Waals surface area contributed by atoms with Crippen LogP contribution in [0.15, 0.2) is 54.7 Å². The summed E-state index contributed by atoms with van der Waals surface area (Å²) in [5.41, 5.74) is 3.13. The second-order valence-corrected chi connectivity index (χ2v) is 5.38. The SMILES string of the molecule is Cc1nnnn1-c1ccc(C(=O)Nc2cccc3[nH]ccc23)cc1. The van der Waals surface area contributed by atoms with E-state index in [-0.39, 0.29) is 5.91 Å². The molecule has 7 heteroatoms. The molecule has 0 saturated heterocycles. The van der Waals surface area contributed by atoms with Crippen molar-refractivity contribution in [3.63, 3.8) is 0 Å². The van der Waals surface area contributed by atoms with Crippen LogP contribution in [0.2, 0.25) is 0 Å². The molecule has 2 heterocycles. The highest BCUT2D eigenvalue weighted by Gasteiger charge is 2.10. The van der Waals surface area contributed by atoms with Crippen molar-refractivity contribution in [2.24, 2.45) is 0 Å². The summed E-state index contributed by atoms with van der Waals surface area (Å²) in [6.45, 7) is 1.82. The molecule has 0 aliphatic rings. The molecule has 0 radical (unpaired) electrons. The van der Waals surface area contributed by atoms with Gasteiger partial charge in [0.05, 0.1) is 11.4 Å². The molecule has 24 heavy (non-hydrogen) atoms. The highest BCUT2D eigenvalue weighted by molar-refractivity contribution is 6.08. The number of aryl methyl sites for hydroxylation is 1. The summed E-state index contributed by atoms with van der Waals surface area (Å²) in [5.74, 6) is 0.523. The second kappa shape index (κ2) is 5.62. The van der Waals surface area contributed by atoms with Crippen molar-refractivity contribution in [3.05, 3.63) is 66.1 Å². The number of aromatic amines is 1. The number of fused-ring (bicyclic) bond motifs is 1. The highest BCUT2D eigenvalue weighted by atomic mass is 16.1. The Morgan fingerprint density at radius 1 is 1.12 bits per heavy atom. The lowest BCUT2D eigenvalue weighted by molar-refractivity contribution is 0.102. The Morgan fingerprint density at radius 3 is 2.71 bits per heavy atom. The number of carbonyl (C=O) groups excluding carboxylic acids is 1. The van der Waals surface area contributed by atoms with Crippen molar-refractivity contribution in [2.75, 3.05) is 5.32 Å². The van der Waals surface area contributed by atoms with Gasteiger partial charge in [0.2, 0.25) is 0 Å². The predicted octanol–water partition coefficient (Wildman–Crippen LogP) is 2.70. The molecule has 0 bridgehead atoms. The molecule has 0 fully saturated rings. The van der Waals surface area contributed by atoms with Crippen molar-refractivity contribution in [3.8, 4) is 5.69 Å². The number of rotatable bonds is 3. The number of amides is 1. The molecule has 0 saturated carbocycles. The Balaban J connectivity index is 1.59. The van der Waals surface area contributed by atoms with Gasteiger partial charge in [-0.25, -0.2) is 0 Å². The average Bonchev–Trinajstić information content (AvgIpc) is 3.24. The smallest absolute Gasteiger partial charge is 0.255 e. The molecule has 2 aromatic carbocycles. The number of H-pyrrole nitrogens is 1. The van der Waals surface area contributed by atoms with Crippen LogP contribution in [0, 0.1) is 6.92 Å². The second-order valence-electron chi connectivity index (χ2n) is 5.38. The lowest BCUT2D eigenvalue weighted by atomic mass is 10.1. The van der Waals surface area contributed by atoms with Gasteiger partial charge in [-0.05, 0) is 59.8 Å². The first-order valence-corrected chi connectivity index (χ1v) is 7.45. The molecule has 4 aromatic rings. The Hall–Kier alpha value is -3.48. The summed E-state index contributed by atoms with van der Waals surface area (Å²) < 4.78 is 1.61. The molecule has 7 nitrogen and oxygen atoms in total. The average molecular weight is 318 g/mol. The van der Waals surface area contributed by atoms with Crippen LogP contribution in [0.25, 0.3) is 16.6 Å². The van der Waals surface area contributed by atoms with E-state index in [1.165, 1.54) is 0 Å². The zero-order chi connectivity index (χ0) is 16.5. The summed E-state index contributed by atoms with van der Waals surface area (Å²) in [6, 6.07) is 14.8. The summed E-state index contributed by atoms with van der Waals surface area (Å²) in [4.78, 5) is 15.6. The van der Waals surface area contributed by atoms with Crippen LogP contribution in [0.5, 0.6) is 0 Å². The Morgan fingerprint density at radius 2 is 1.96 bits per heavy atom. The minimum Gasteiger partial charge on any atom is -0.361 e. The van der Waals surface area contributed by atoms with Gasteiger partial charge in [-0.15, -0.1) is 5.10 Å². The Labute approximate surface area is 137 Å². The topological polar surface area (TPSA) is 88.5 Å². The number of benzene rings is 2. The Kier molecular flexibility index (Phi) is 3.31. The van der Waals surface area contributed by atoms with E-state index in [1.54, 1.807) is 16.8 Å². The van der Waals surface area contributed by atoms with E-state index in [4.69, 9.17) is 0 Å². The third kappa shape index (κ3) is 2.41. The lowest BCUT2D eigenvalue weighted by Crippen LogP contribution is -2.12. The normalized spacial score (nSPS) is 10.9. The van der Waals surface area contributed by atoms with E-state index >= 15 is 0 Å². The van der Waals surface area contributed by atoms with Gasteiger partial charge < -0.3 is 10.3 Å². The third-order valence-corrected chi connectivity index (χ3v) is 3.84. The van der Waals surface area contributed by atoms with Gasteiger partial charge in [-0.3, -0.25) is 4.79 Å². The zero-order valence-electron chi connectivity index (χ0n) is 12.9. The fourth-order valence-electron chi connectivity index (χ4n) is 2.61. The number of carbonyl (C=O) groups is 1. The molecular weight excluding hydrogens is 304 g/mol. The molecular formula is C17H14N6O. The van der Waals surface area contributed by atoms with E-state index < -0.39 is 0 Å². The van der Waals surface area contributed by atoms with Crippen molar-refractivity contribution in [1.29, 1.82) is 0 Å². The molecule has 2 aromatic heterocycles. The number of nitrogens with zero attached hydrogens (tertiary/aromatic N) is 4. The lowest BCUT2D eigenvalue weighted by Gasteiger charge is -2.08. The molecule has 0 aliphatic carbocycles. The van der Waals surface area contributed by atoms with Crippen LogP contribution in [0.3, 0.4) is 0 Å². The van der Waals surface area contributed by atoms with Gasteiger partial charge in [0.1, 0.15) is 0 Å². The van der Waals surface area contributed by atoms with Crippen LogP contribution >= 0.6 is 0 Å². The zero-order valence-corrected chi connectivity index (χ0v) is 12.9. The number of tetrazole rings is 1. The minimum absolute atomic E-state index is 0.163. The first kappa shape index (κ1) is 14.1. The molecule has 2 N–H and O–H groups in total. The standard InChI is InChI=1S/C17H14N6O/c1-11-20-21-22-23(11)13-7-5-12(6-8-13)17(24)19-16-4-2-3-15-14(16)9-10-18-15/h2-10,18H,1H3,(H,19,24). The molecule has 0 unspecified atom stereocenters. The number of anilines is 1. The summed E-state index contributed by atoms with van der Waals surface area (Å²) >= 11 is 0. The number of nitrogens with one attached hydrogen (secondary N) is 2. The fourth-order valence-corrected chi connectivity index (χ4v) is 2.61. The van der Waals surface area contributed by atoms with E-state index in [0.717, 1.165) is 22.3 Å². The first-order chi connectivity index (χ1) is 11.7. The van der Waals surface area contributed by atoms with E-state index in [2.05, 4.69) is 25.8 Å². The number of aromatic nitrogens is 5. The minimum atomic E-state index is -0.163. The van der Waals surface area contributed by atoms with Crippen molar-refractivity contribution >= 4 is 22.5 Å². The maximum atomic E-state index is 12.5. The predicted molar refractivity (Wildman–Crippen MR) is 90.1 cm³/mol. The van der Waals surface area contributed by atoms with Gasteiger partial charge in [-0.2, -0.15) is 4.68 Å². The highest BCUT2D eigenvalue weighted by Crippen LogP contribution is 2.23. The molecule has 0 aliphatic heterocycles. The van der Waals surface area contributed by atoms with Gasteiger partial charge in [0, 0.05) is 22.7 Å². The maximum Gasteiger partial charge on any atom is 0.255 e. The van der Waals surface area contributed by atoms with Crippen LogP contribution in [0.4, 0.5) is 5.69 Å². The van der Waals surface area contributed by atoms with Gasteiger partial charge in [-0.1, -0.05) is 6.07 Å². The van der Waals surface area contributed by atoms with Crippen LogP contribution in [-0.4, -0.2) is 31.1 Å². The van der Waals surface area contributed by atoms with Crippen LogP contribution in [0.1, 0.15) is 16.2 Å². The summed E-state index contributed by atoms with van der Waals surface area (Å²) in [6.07, 6.45) is 1.85. The van der Waals surface area contributed by atoms with Gasteiger partial charge in [0.15, 0.2) is 5.82 Å². The van der Waals surface area contributed by atoms with E-state index in [0.29, 0.717) is 11.4 Å². The van der Waals surface area contributed by atoms with E-state index in [1.807, 2.05) is 49.5 Å².